The summed E-state index contributed by atoms with van der Waals surface area (Å²) in [5.74, 6) is -3.36. The Hall–Kier alpha value is -5.69. The molecular weight excluding hydrogens is 824 g/mol. The molecule has 0 spiro atoms. The van der Waals surface area contributed by atoms with Crippen molar-refractivity contribution in [2.75, 3.05) is 33.9 Å². The molecule has 0 aliphatic heterocycles. The van der Waals surface area contributed by atoms with E-state index in [2.05, 4.69) is 10.6 Å². The van der Waals surface area contributed by atoms with Crippen LogP contribution in [0.2, 0.25) is 0 Å². The van der Waals surface area contributed by atoms with E-state index in [0.717, 1.165) is 6.07 Å². The van der Waals surface area contributed by atoms with Crippen molar-refractivity contribution in [2.45, 2.75) is 101 Å². The second-order valence-corrected chi connectivity index (χ2v) is 15.3. The molecule has 0 aromatic heterocycles. The first kappa shape index (κ1) is 51.7. The average molecular weight is 884 g/mol. The number of Topliss-reactive ketones (excluding diaryl/α,β-unsaturated/α-hetero) is 3. The third kappa shape index (κ3) is 16.2. The predicted octanol–water partition coefficient (Wildman–Crippen LogP) is 3.47. The van der Waals surface area contributed by atoms with Gasteiger partial charge in [-0.25, -0.2) is 0 Å². The van der Waals surface area contributed by atoms with Gasteiger partial charge >= 0.3 is 6.18 Å². The van der Waals surface area contributed by atoms with Gasteiger partial charge in [0, 0.05) is 24.8 Å². The Balaban J connectivity index is 1.87. The Labute approximate surface area is 365 Å². The van der Waals surface area contributed by atoms with Gasteiger partial charge in [-0.3, -0.25) is 28.8 Å². The van der Waals surface area contributed by atoms with Crippen LogP contribution in [0.1, 0.15) is 111 Å². The molecule has 0 radical (unpaired) electrons. The average Bonchev–Trinajstić information content (AvgIpc) is 3.25. The SMILES string of the molecule is COc1ccc(CC(=O)[C@H](CCCCN)NC(=O)c2cc(CC(=O)[C@H](CCCCN)NC(=O)c3cc(CC(=O)[C@@H](N)CCCCN)cc(C(F)(F)F)c3)ccc2OC)cc1C(N)=O. The van der Waals surface area contributed by atoms with Gasteiger partial charge in [-0.2, -0.15) is 13.2 Å². The molecule has 12 N–H and O–H groups in total. The summed E-state index contributed by atoms with van der Waals surface area (Å²) >= 11 is 0. The number of methoxy groups -OCH3 is 2. The number of nitrogens with one attached hydrogen (secondary N) is 2. The molecule has 3 rings (SSSR count). The van der Waals surface area contributed by atoms with E-state index in [1.165, 1.54) is 44.6 Å². The lowest BCUT2D eigenvalue weighted by Crippen LogP contribution is -2.42. The number of nitrogens with two attached hydrogens (primary N) is 5. The first-order valence-electron chi connectivity index (χ1n) is 20.9. The standard InChI is InChI=1S/C45H60F3N7O8/c1-62-40-14-12-27(21-32(40)42(53)59)23-39(58)36(11-5-8-18-51)55-44(61)33-22-28(13-15-41(33)63-2)24-38(57)35(10-4-7-17-50)54-43(60)30-19-29(20-31(26-30)45(46,47)48)25-37(56)34(52)9-3-6-16-49/h12-15,19-22,26,34-36H,3-11,16-18,23-25,49-52H2,1-2H3,(H2,53,59)(H,54,60)(H,55,61)/t34-,35-,36-/m0/s1. The molecule has 63 heavy (non-hydrogen) atoms. The van der Waals surface area contributed by atoms with Crippen LogP contribution in [0.25, 0.3) is 0 Å². The quantitative estimate of drug-likeness (QED) is 0.0517. The molecule has 0 aliphatic rings. The van der Waals surface area contributed by atoms with E-state index in [1.54, 1.807) is 12.1 Å². The molecule has 344 valence electrons. The van der Waals surface area contributed by atoms with Gasteiger partial charge in [0.05, 0.1) is 49.0 Å². The zero-order valence-corrected chi connectivity index (χ0v) is 35.8. The van der Waals surface area contributed by atoms with E-state index in [4.69, 9.17) is 38.1 Å². The lowest BCUT2D eigenvalue weighted by atomic mass is 9.95. The Kier molecular flexibility index (Phi) is 20.8. The lowest BCUT2D eigenvalue weighted by Gasteiger charge is -2.20. The number of rotatable bonds is 28. The Morgan fingerprint density at radius 3 is 1.52 bits per heavy atom. The molecule has 3 atom stereocenters. The maximum absolute atomic E-state index is 14.0. The number of hydrogen-bond donors (Lipinski definition) is 7. The van der Waals surface area contributed by atoms with Crippen LogP contribution in [0.5, 0.6) is 11.5 Å². The van der Waals surface area contributed by atoms with Crippen molar-refractivity contribution in [2.24, 2.45) is 28.7 Å². The molecule has 3 amide bonds. The van der Waals surface area contributed by atoms with Gasteiger partial charge in [-0.15, -0.1) is 0 Å². The number of unbranched alkanes of at least 4 members (excludes halogenated alkanes) is 3. The molecule has 0 aliphatic carbocycles. The van der Waals surface area contributed by atoms with E-state index in [9.17, 15) is 41.9 Å². The minimum atomic E-state index is -4.85. The topological polar surface area (TPSA) is 275 Å². The number of hydrogen-bond acceptors (Lipinski definition) is 12. The van der Waals surface area contributed by atoms with Crippen LogP contribution < -0.4 is 48.8 Å². The first-order chi connectivity index (χ1) is 29.9. The van der Waals surface area contributed by atoms with E-state index in [1.807, 2.05) is 0 Å². The molecule has 0 fully saturated rings. The summed E-state index contributed by atoms with van der Waals surface area (Å²) in [6, 6.07) is 8.59. The van der Waals surface area contributed by atoms with Gasteiger partial charge < -0.3 is 48.8 Å². The van der Waals surface area contributed by atoms with Crippen LogP contribution in [-0.2, 0) is 39.8 Å². The number of carbonyl (C=O) groups excluding carboxylic acids is 6. The Bertz CT molecular complexity index is 2060. The number of alkyl halides is 3. The number of primary amides is 1. The number of halogens is 3. The van der Waals surface area contributed by atoms with Crippen LogP contribution in [-0.4, -0.2) is 87.1 Å². The highest BCUT2D eigenvalue weighted by atomic mass is 19.4. The minimum absolute atomic E-state index is 0.00810. The van der Waals surface area contributed by atoms with E-state index in [-0.39, 0.29) is 66.2 Å². The normalized spacial score (nSPS) is 12.8. The third-order valence-corrected chi connectivity index (χ3v) is 10.4. The summed E-state index contributed by atoms with van der Waals surface area (Å²) in [5.41, 5.74) is 27.7. The van der Waals surface area contributed by atoms with Crippen LogP contribution in [0, 0.1) is 0 Å². The van der Waals surface area contributed by atoms with Gasteiger partial charge in [-0.05, 0) is 130 Å². The van der Waals surface area contributed by atoms with E-state index < -0.39 is 71.1 Å². The molecule has 0 unspecified atom stereocenters. The van der Waals surface area contributed by atoms with Gasteiger partial charge in [0.25, 0.3) is 17.7 Å². The highest BCUT2D eigenvalue weighted by Gasteiger charge is 2.33. The molecule has 0 saturated carbocycles. The number of amides is 3. The van der Waals surface area contributed by atoms with Crippen molar-refractivity contribution in [1.29, 1.82) is 0 Å². The van der Waals surface area contributed by atoms with Gasteiger partial charge in [0.2, 0.25) is 0 Å². The maximum Gasteiger partial charge on any atom is 0.416 e. The second-order valence-electron chi connectivity index (χ2n) is 15.3. The number of ketones is 3. The fourth-order valence-electron chi connectivity index (χ4n) is 6.93. The maximum atomic E-state index is 14.0. The fraction of sp³-hybridized carbons (Fsp3) is 0.467. The predicted molar refractivity (Wildman–Crippen MR) is 231 cm³/mol. The number of benzene rings is 3. The highest BCUT2D eigenvalue weighted by Crippen LogP contribution is 2.31. The van der Waals surface area contributed by atoms with E-state index >= 15 is 0 Å². The van der Waals surface area contributed by atoms with Gasteiger partial charge in [-0.1, -0.05) is 18.6 Å². The van der Waals surface area contributed by atoms with Gasteiger partial charge in [0.1, 0.15) is 11.5 Å². The number of carbonyl (C=O) groups is 6. The van der Waals surface area contributed by atoms with Crippen molar-refractivity contribution in [3.05, 3.63) is 93.5 Å². The summed E-state index contributed by atoms with van der Waals surface area (Å²) < 4.78 is 52.7. The zero-order chi connectivity index (χ0) is 46.7. The van der Waals surface area contributed by atoms with Crippen LogP contribution in [0.15, 0.2) is 54.6 Å². The van der Waals surface area contributed by atoms with Crippen molar-refractivity contribution < 1.29 is 51.4 Å². The van der Waals surface area contributed by atoms with Crippen LogP contribution >= 0.6 is 0 Å². The lowest BCUT2D eigenvalue weighted by molar-refractivity contribution is -0.137. The molecule has 0 bridgehead atoms. The molecule has 3 aromatic rings. The largest absolute Gasteiger partial charge is 0.496 e. The summed E-state index contributed by atoms with van der Waals surface area (Å²) in [7, 11) is 2.72. The summed E-state index contributed by atoms with van der Waals surface area (Å²) in [6.07, 6.45) is -1.92. The minimum Gasteiger partial charge on any atom is -0.496 e. The second kappa shape index (κ2) is 25.4. The third-order valence-electron chi connectivity index (χ3n) is 10.4. The Morgan fingerprint density at radius 2 is 1.05 bits per heavy atom. The van der Waals surface area contributed by atoms with Gasteiger partial charge in [0.15, 0.2) is 17.3 Å². The van der Waals surface area contributed by atoms with Crippen molar-refractivity contribution in [3.63, 3.8) is 0 Å². The van der Waals surface area contributed by atoms with E-state index in [0.29, 0.717) is 75.2 Å². The summed E-state index contributed by atoms with van der Waals surface area (Å²) in [5, 5.41) is 5.37. The fourth-order valence-corrected chi connectivity index (χ4v) is 6.93. The molecule has 15 nitrogen and oxygen atoms in total. The molecule has 0 heterocycles. The monoisotopic (exact) mass is 883 g/mol. The molecule has 3 aromatic carbocycles. The Morgan fingerprint density at radius 1 is 0.587 bits per heavy atom. The van der Waals surface area contributed by atoms with Crippen LogP contribution in [0.4, 0.5) is 13.2 Å². The smallest absolute Gasteiger partial charge is 0.416 e. The molecular formula is C45H60F3N7O8. The highest BCUT2D eigenvalue weighted by molar-refractivity contribution is 6.02. The summed E-state index contributed by atoms with van der Waals surface area (Å²) in [6.45, 7) is 1.05. The van der Waals surface area contributed by atoms with Crippen molar-refractivity contribution in [1.82, 2.24) is 10.6 Å². The number of ether oxygens (including phenoxy) is 2. The van der Waals surface area contributed by atoms with Crippen molar-refractivity contribution >= 4 is 35.1 Å². The molecule has 0 saturated heterocycles. The van der Waals surface area contributed by atoms with Crippen LogP contribution in [0.3, 0.4) is 0 Å². The molecule has 18 heteroatoms. The van der Waals surface area contributed by atoms with Crippen molar-refractivity contribution in [3.8, 4) is 11.5 Å². The zero-order valence-electron chi connectivity index (χ0n) is 35.8. The first-order valence-corrected chi connectivity index (χ1v) is 20.9. The summed E-state index contributed by atoms with van der Waals surface area (Å²) in [4.78, 5) is 79.9.